The Kier molecular flexibility index (Phi) is 3.42. The number of benzene rings is 1. The molecule has 1 rings (SSSR count). The van der Waals surface area contributed by atoms with Crippen molar-refractivity contribution in [3.63, 3.8) is 0 Å². The lowest BCUT2D eigenvalue weighted by Gasteiger charge is -2.25. The van der Waals surface area contributed by atoms with Crippen molar-refractivity contribution < 1.29 is 19.7 Å². The van der Waals surface area contributed by atoms with E-state index >= 15 is 0 Å². The fourth-order valence-corrected chi connectivity index (χ4v) is 1.70. The summed E-state index contributed by atoms with van der Waals surface area (Å²) in [4.78, 5) is 10.8. The lowest BCUT2D eigenvalue weighted by molar-refractivity contribution is -0.138. The van der Waals surface area contributed by atoms with Gasteiger partial charge in [0.25, 0.3) is 0 Å². The van der Waals surface area contributed by atoms with E-state index in [1.165, 1.54) is 13.2 Å². The zero-order valence-corrected chi connectivity index (χ0v) is 9.65. The van der Waals surface area contributed by atoms with E-state index in [4.69, 9.17) is 9.84 Å². The van der Waals surface area contributed by atoms with E-state index in [-0.39, 0.29) is 12.2 Å². The van der Waals surface area contributed by atoms with Gasteiger partial charge in [0.15, 0.2) is 0 Å². The summed E-state index contributed by atoms with van der Waals surface area (Å²) < 4.78 is 5.16. The molecule has 2 N–H and O–H groups in total. The first-order valence-corrected chi connectivity index (χ1v) is 4.96. The third kappa shape index (κ3) is 2.66. The highest BCUT2D eigenvalue weighted by Crippen LogP contribution is 2.36. The first-order chi connectivity index (χ1) is 7.36. The molecule has 4 nitrogen and oxygen atoms in total. The quantitative estimate of drug-likeness (QED) is 0.822. The standard InChI is InChI=1S/C12H16O4/c1-12(2,7-11(14)15)9-6-8(13)4-5-10(9)16-3/h4-6,13H,7H2,1-3H3,(H,14,15). The maximum atomic E-state index is 10.8. The molecule has 0 atom stereocenters. The smallest absolute Gasteiger partial charge is 0.304 e. The zero-order chi connectivity index (χ0) is 12.3. The van der Waals surface area contributed by atoms with Crippen molar-refractivity contribution in [1.29, 1.82) is 0 Å². The Bertz CT molecular complexity index is 396. The Morgan fingerprint density at radius 2 is 2.06 bits per heavy atom. The van der Waals surface area contributed by atoms with Crippen LogP contribution in [0.2, 0.25) is 0 Å². The van der Waals surface area contributed by atoms with Crippen LogP contribution in [0.15, 0.2) is 18.2 Å². The number of rotatable bonds is 4. The SMILES string of the molecule is COc1ccc(O)cc1C(C)(C)CC(=O)O. The van der Waals surface area contributed by atoms with Crippen molar-refractivity contribution in [2.75, 3.05) is 7.11 Å². The predicted octanol–water partition coefficient (Wildman–Crippen LogP) is 2.15. The molecule has 0 radical (unpaired) electrons. The Morgan fingerprint density at radius 3 is 2.56 bits per heavy atom. The second-order valence-electron chi connectivity index (χ2n) is 4.34. The fourth-order valence-electron chi connectivity index (χ4n) is 1.70. The molecule has 0 aliphatic heterocycles. The molecule has 0 saturated carbocycles. The minimum absolute atomic E-state index is 0.0210. The van der Waals surface area contributed by atoms with Gasteiger partial charge in [-0.1, -0.05) is 13.8 Å². The molecule has 4 heteroatoms. The van der Waals surface area contributed by atoms with Crippen molar-refractivity contribution in [1.82, 2.24) is 0 Å². The van der Waals surface area contributed by atoms with Crippen LogP contribution in [0.25, 0.3) is 0 Å². The number of carboxylic acids is 1. The number of aromatic hydroxyl groups is 1. The van der Waals surface area contributed by atoms with Crippen molar-refractivity contribution in [3.05, 3.63) is 23.8 Å². The van der Waals surface area contributed by atoms with Crippen LogP contribution in [0.3, 0.4) is 0 Å². The van der Waals surface area contributed by atoms with Gasteiger partial charge in [-0.25, -0.2) is 0 Å². The molecule has 0 heterocycles. The van der Waals surface area contributed by atoms with Crippen LogP contribution in [0.4, 0.5) is 0 Å². The summed E-state index contributed by atoms with van der Waals surface area (Å²) in [6.45, 7) is 3.61. The van der Waals surface area contributed by atoms with E-state index in [2.05, 4.69) is 0 Å². The average Bonchev–Trinajstić information content (AvgIpc) is 2.15. The van der Waals surface area contributed by atoms with Gasteiger partial charge in [0.05, 0.1) is 13.5 Å². The van der Waals surface area contributed by atoms with Crippen LogP contribution in [0.1, 0.15) is 25.8 Å². The second-order valence-corrected chi connectivity index (χ2v) is 4.34. The third-order valence-corrected chi connectivity index (χ3v) is 2.51. The van der Waals surface area contributed by atoms with Crippen molar-refractivity contribution in [3.8, 4) is 11.5 Å². The Labute approximate surface area is 94.5 Å². The highest BCUT2D eigenvalue weighted by molar-refractivity contribution is 5.69. The van der Waals surface area contributed by atoms with Gasteiger partial charge >= 0.3 is 5.97 Å². The van der Waals surface area contributed by atoms with Crippen LogP contribution >= 0.6 is 0 Å². The van der Waals surface area contributed by atoms with Gasteiger partial charge in [0, 0.05) is 11.0 Å². The first-order valence-electron chi connectivity index (χ1n) is 4.96. The van der Waals surface area contributed by atoms with Crippen molar-refractivity contribution >= 4 is 5.97 Å². The van der Waals surface area contributed by atoms with E-state index < -0.39 is 11.4 Å². The summed E-state index contributed by atoms with van der Waals surface area (Å²) in [6, 6.07) is 4.69. The number of hydrogen-bond acceptors (Lipinski definition) is 3. The molecule has 0 amide bonds. The van der Waals surface area contributed by atoms with Gasteiger partial charge in [-0.2, -0.15) is 0 Å². The maximum absolute atomic E-state index is 10.8. The van der Waals surface area contributed by atoms with E-state index in [9.17, 15) is 9.90 Å². The van der Waals surface area contributed by atoms with E-state index in [1.807, 2.05) is 0 Å². The van der Waals surface area contributed by atoms with E-state index in [0.29, 0.717) is 11.3 Å². The van der Waals surface area contributed by atoms with Crippen LogP contribution in [0.5, 0.6) is 11.5 Å². The van der Waals surface area contributed by atoms with Gasteiger partial charge < -0.3 is 14.9 Å². The van der Waals surface area contributed by atoms with Gasteiger partial charge in [0.2, 0.25) is 0 Å². The highest BCUT2D eigenvalue weighted by atomic mass is 16.5. The molecule has 0 unspecified atom stereocenters. The maximum Gasteiger partial charge on any atom is 0.304 e. The molecular weight excluding hydrogens is 208 g/mol. The number of phenolic OH excluding ortho intramolecular Hbond substituents is 1. The zero-order valence-electron chi connectivity index (χ0n) is 9.65. The van der Waals surface area contributed by atoms with Crippen molar-refractivity contribution in [2.45, 2.75) is 25.7 Å². The molecule has 1 aromatic carbocycles. The number of hydrogen-bond donors (Lipinski definition) is 2. The molecule has 0 fully saturated rings. The molecule has 0 aromatic heterocycles. The third-order valence-electron chi connectivity index (χ3n) is 2.51. The summed E-state index contributed by atoms with van der Waals surface area (Å²) in [5, 5.41) is 18.3. The first kappa shape index (κ1) is 12.4. The minimum Gasteiger partial charge on any atom is -0.508 e. The number of methoxy groups -OCH3 is 1. The summed E-state index contributed by atoms with van der Waals surface area (Å²) in [6.07, 6.45) is -0.0210. The second kappa shape index (κ2) is 4.43. The number of phenols is 1. The Hall–Kier alpha value is -1.71. The van der Waals surface area contributed by atoms with Gasteiger partial charge in [-0.05, 0) is 18.2 Å². The fraction of sp³-hybridized carbons (Fsp3) is 0.417. The molecule has 0 bridgehead atoms. The van der Waals surface area contributed by atoms with E-state index in [1.54, 1.807) is 26.0 Å². The van der Waals surface area contributed by atoms with E-state index in [0.717, 1.165) is 0 Å². The lowest BCUT2D eigenvalue weighted by atomic mass is 9.81. The number of carbonyl (C=O) groups is 1. The van der Waals surface area contributed by atoms with Gasteiger partial charge in [-0.3, -0.25) is 4.79 Å². The predicted molar refractivity (Wildman–Crippen MR) is 59.9 cm³/mol. The topological polar surface area (TPSA) is 66.8 Å². The molecule has 88 valence electrons. The summed E-state index contributed by atoms with van der Waals surface area (Å²) in [5.74, 6) is -0.186. The molecule has 16 heavy (non-hydrogen) atoms. The molecule has 0 aliphatic carbocycles. The van der Waals surface area contributed by atoms with Crippen LogP contribution in [-0.4, -0.2) is 23.3 Å². The number of carboxylic acid groups (broad SMARTS) is 1. The summed E-state index contributed by atoms with van der Waals surface area (Å²) >= 11 is 0. The largest absolute Gasteiger partial charge is 0.508 e. The number of ether oxygens (including phenoxy) is 1. The Balaban J connectivity index is 3.18. The molecule has 0 aliphatic rings. The normalized spacial score (nSPS) is 11.2. The van der Waals surface area contributed by atoms with Gasteiger partial charge in [0.1, 0.15) is 11.5 Å². The molecule has 0 saturated heterocycles. The highest BCUT2D eigenvalue weighted by Gasteiger charge is 2.27. The molecule has 1 aromatic rings. The van der Waals surface area contributed by atoms with Crippen molar-refractivity contribution in [2.24, 2.45) is 0 Å². The lowest BCUT2D eigenvalue weighted by Crippen LogP contribution is -2.22. The Morgan fingerprint density at radius 1 is 1.44 bits per heavy atom. The molecular formula is C12H16O4. The number of aliphatic carboxylic acids is 1. The summed E-state index contributed by atoms with van der Waals surface area (Å²) in [7, 11) is 1.52. The van der Waals surface area contributed by atoms with Crippen LogP contribution in [-0.2, 0) is 10.2 Å². The minimum atomic E-state index is -0.879. The average molecular weight is 224 g/mol. The monoisotopic (exact) mass is 224 g/mol. The van der Waals surface area contributed by atoms with Gasteiger partial charge in [-0.15, -0.1) is 0 Å². The summed E-state index contributed by atoms with van der Waals surface area (Å²) in [5.41, 5.74) is 0.105. The van der Waals surface area contributed by atoms with Crippen LogP contribution in [0, 0.1) is 0 Å². The van der Waals surface area contributed by atoms with Crippen LogP contribution < -0.4 is 4.74 Å². The molecule has 0 spiro atoms.